The Labute approximate surface area is 265 Å². The number of rotatable bonds is 16. The molecule has 0 saturated carbocycles. The smallest absolute Gasteiger partial charge is 0.261 e. The van der Waals surface area contributed by atoms with Gasteiger partial charge in [0.1, 0.15) is 5.75 Å². The Balaban J connectivity index is 1.58. The average molecular weight is 620 g/mol. The minimum absolute atomic E-state index is 0.00721. The largest absolute Gasteiger partial charge is 0.494 e. The summed E-state index contributed by atoms with van der Waals surface area (Å²) in [5.74, 6) is 0.928. The Hall–Kier alpha value is -2.39. The van der Waals surface area contributed by atoms with E-state index in [4.69, 9.17) is 13.6 Å². The van der Waals surface area contributed by atoms with E-state index < -0.39 is 16.6 Å². The Morgan fingerprint density at radius 1 is 0.628 bits per heavy atom. The standard InChI is InChI=1S/C37H57NO3Si2/c1-10-26-38(27-30-40-42(8,9)36(2,3)4)32-20-19-21-33(31-32)39-28-17-18-29-41-43(37(5,6)7,34-22-13-11-14-23-34)35-24-15-12-16-25-35/h11-16,19-25,31H,10,17-18,26-30H2,1-9H3. The van der Waals surface area contributed by atoms with E-state index in [2.05, 4.69) is 151 Å². The summed E-state index contributed by atoms with van der Waals surface area (Å²) < 4.78 is 19.8. The molecule has 6 heteroatoms. The lowest BCUT2D eigenvalue weighted by atomic mass is 10.2. The first-order valence-electron chi connectivity index (χ1n) is 16.2. The highest BCUT2D eigenvalue weighted by Crippen LogP contribution is 2.37. The molecule has 0 heterocycles. The van der Waals surface area contributed by atoms with Crippen molar-refractivity contribution in [2.75, 3.05) is 37.8 Å². The van der Waals surface area contributed by atoms with Crippen molar-refractivity contribution >= 4 is 32.7 Å². The van der Waals surface area contributed by atoms with Gasteiger partial charge in [0, 0.05) is 31.5 Å². The molecule has 0 spiro atoms. The second kappa shape index (κ2) is 15.6. The molecule has 0 fully saturated rings. The Morgan fingerprint density at radius 3 is 1.74 bits per heavy atom. The van der Waals surface area contributed by atoms with E-state index in [-0.39, 0.29) is 10.1 Å². The van der Waals surface area contributed by atoms with E-state index in [9.17, 15) is 0 Å². The third-order valence-electron chi connectivity index (χ3n) is 8.85. The van der Waals surface area contributed by atoms with Crippen molar-refractivity contribution in [1.29, 1.82) is 0 Å². The molecule has 3 rings (SSSR count). The van der Waals surface area contributed by atoms with Gasteiger partial charge in [-0.25, -0.2) is 0 Å². The quantitative estimate of drug-likeness (QED) is 0.119. The molecule has 0 amide bonds. The van der Waals surface area contributed by atoms with Gasteiger partial charge >= 0.3 is 0 Å². The third kappa shape index (κ3) is 9.30. The van der Waals surface area contributed by atoms with E-state index in [0.29, 0.717) is 6.61 Å². The van der Waals surface area contributed by atoms with Gasteiger partial charge in [0.05, 0.1) is 13.2 Å². The molecule has 0 aromatic heterocycles. The third-order valence-corrected chi connectivity index (χ3v) is 18.4. The summed E-state index contributed by atoms with van der Waals surface area (Å²) in [6.07, 6.45) is 2.99. The number of nitrogens with zero attached hydrogens (tertiary/aromatic N) is 1. The summed E-state index contributed by atoms with van der Waals surface area (Å²) in [6.45, 7) is 24.8. The molecule has 0 N–H and O–H groups in total. The van der Waals surface area contributed by atoms with Crippen LogP contribution in [0.1, 0.15) is 67.7 Å². The highest BCUT2D eigenvalue weighted by Gasteiger charge is 2.49. The fourth-order valence-corrected chi connectivity index (χ4v) is 11.1. The van der Waals surface area contributed by atoms with E-state index in [1.807, 2.05) is 0 Å². The van der Waals surface area contributed by atoms with Crippen molar-refractivity contribution in [1.82, 2.24) is 0 Å². The highest BCUT2D eigenvalue weighted by atomic mass is 28.4. The molecule has 3 aromatic carbocycles. The van der Waals surface area contributed by atoms with Gasteiger partial charge in [0.2, 0.25) is 0 Å². The fourth-order valence-electron chi connectivity index (χ4n) is 5.42. The Bertz CT molecular complexity index is 1180. The molecule has 0 saturated heterocycles. The van der Waals surface area contributed by atoms with Crippen LogP contribution in [-0.2, 0) is 8.85 Å². The molecule has 3 aromatic rings. The van der Waals surface area contributed by atoms with E-state index in [0.717, 1.165) is 51.3 Å². The predicted octanol–water partition coefficient (Wildman–Crippen LogP) is 8.66. The summed E-state index contributed by atoms with van der Waals surface area (Å²) in [5, 5.41) is 2.87. The van der Waals surface area contributed by atoms with Crippen LogP contribution < -0.4 is 20.0 Å². The SMILES string of the molecule is CCCN(CCO[Si](C)(C)C(C)(C)C)c1cccc(OCCCCO[Si](c2ccccc2)(c2ccccc2)C(C)(C)C)c1. The van der Waals surface area contributed by atoms with Crippen molar-refractivity contribution in [2.45, 2.75) is 90.9 Å². The number of hydrogen-bond donors (Lipinski definition) is 0. The van der Waals surface area contributed by atoms with Crippen LogP contribution in [0.15, 0.2) is 84.9 Å². The molecule has 4 nitrogen and oxygen atoms in total. The number of ether oxygens (including phenoxy) is 1. The van der Waals surface area contributed by atoms with Crippen LogP contribution in [0, 0.1) is 0 Å². The van der Waals surface area contributed by atoms with Crippen LogP contribution in [0.5, 0.6) is 5.75 Å². The van der Waals surface area contributed by atoms with Gasteiger partial charge in [-0.2, -0.15) is 0 Å². The molecule has 0 unspecified atom stereocenters. The van der Waals surface area contributed by atoms with Gasteiger partial charge in [-0.15, -0.1) is 0 Å². The Morgan fingerprint density at radius 2 is 1.21 bits per heavy atom. The summed E-state index contributed by atoms with van der Waals surface area (Å²) in [6, 6.07) is 30.3. The van der Waals surface area contributed by atoms with Crippen molar-refractivity contribution in [3.63, 3.8) is 0 Å². The van der Waals surface area contributed by atoms with Gasteiger partial charge in [-0.3, -0.25) is 0 Å². The zero-order chi connectivity index (χ0) is 31.6. The van der Waals surface area contributed by atoms with Crippen molar-refractivity contribution < 1.29 is 13.6 Å². The molecule has 0 aliphatic rings. The lowest BCUT2D eigenvalue weighted by molar-refractivity contribution is 0.257. The summed E-state index contributed by atoms with van der Waals surface area (Å²) in [7, 11) is -4.25. The Kier molecular flexibility index (Phi) is 12.7. The highest BCUT2D eigenvalue weighted by molar-refractivity contribution is 6.99. The molecule has 0 aliphatic carbocycles. The van der Waals surface area contributed by atoms with Gasteiger partial charge in [-0.05, 0) is 64.9 Å². The van der Waals surface area contributed by atoms with Gasteiger partial charge in [-0.1, -0.05) is 115 Å². The molecule has 0 atom stereocenters. The molecule has 0 radical (unpaired) electrons. The fraction of sp³-hybridized carbons (Fsp3) is 0.514. The second-order valence-electron chi connectivity index (χ2n) is 14.2. The number of unbranched alkanes of at least 4 members (excludes halogenated alkanes) is 1. The van der Waals surface area contributed by atoms with Crippen LogP contribution in [0.2, 0.25) is 23.2 Å². The molecule has 0 bridgehead atoms. The predicted molar refractivity (Wildman–Crippen MR) is 190 cm³/mol. The zero-order valence-corrected chi connectivity index (χ0v) is 30.4. The minimum atomic E-state index is -2.49. The van der Waals surface area contributed by atoms with Crippen molar-refractivity contribution in [3.8, 4) is 5.75 Å². The van der Waals surface area contributed by atoms with E-state index in [1.165, 1.54) is 16.1 Å². The molecular formula is C37H57NO3Si2. The molecular weight excluding hydrogens is 563 g/mol. The van der Waals surface area contributed by atoms with Gasteiger partial charge in [0.25, 0.3) is 8.32 Å². The first kappa shape index (κ1) is 35.1. The lowest BCUT2D eigenvalue weighted by Crippen LogP contribution is -2.66. The maximum atomic E-state index is 7.05. The van der Waals surface area contributed by atoms with Crippen LogP contribution in [-0.4, -0.2) is 49.5 Å². The van der Waals surface area contributed by atoms with Gasteiger partial charge in [0.15, 0.2) is 8.32 Å². The monoisotopic (exact) mass is 619 g/mol. The maximum absolute atomic E-state index is 7.05. The molecule has 236 valence electrons. The molecule has 0 aliphatic heterocycles. The number of hydrogen-bond acceptors (Lipinski definition) is 4. The topological polar surface area (TPSA) is 30.9 Å². The number of anilines is 1. The van der Waals surface area contributed by atoms with Crippen LogP contribution in [0.25, 0.3) is 0 Å². The van der Waals surface area contributed by atoms with Crippen LogP contribution in [0.4, 0.5) is 5.69 Å². The summed E-state index contributed by atoms with van der Waals surface area (Å²) in [4.78, 5) is 2.43. The van der Waals surface area contributed by atoms with Crippen LogP contribution >= 0.6 is 0 Å². The van der Waals surface area contributed by atoms with Crippen LogP contribution in [0.3, 0.4) is 0 Å². The van der Waals surface area contributed by atoms with Crippen molar-refractivity contribution in [3.05, 3.63) is 84.9 Å². The molecule has 43 heavy (non-hydrogen) atoms. The lowest BCUT2D eigenvalue weighted by Gasteiger charge is -2.43. The summed E-state index contributed by atoms with van der Waals surface area (Å²) in [5.41, 5.74) is 1.20. The van der Waals surface area contributed by atoms with E-state index >= 15 is 0 Å². The second-order valence-corrected chi connectivity index (χ2v) is 23.3. The summed E-state index contributed by atoms with van der Waals surface area (Å²) >= 11 is 0. The van der Waals surface area contributed by atoms with Gasteiger partial charge < -0.3 is 18.5 Å². The first-order chi connectivity index (χ1) is 20.3. The van der Waals surface area contributed by atoms with Crippen molar-refractivity contribution in [2.24, 2.45) is 0 Å². The first-order valence-corrected chi connectivity index (χ1v) is 21.0. The number of benzene rings is 3. The zero-order valence-electron chi connectivity index (χ0n) is 28.4. The average Bonchev–Trinajstić information content (AvgIpc) is 2.96. The normalized spacial score (nSPS) is 12.8. The minimum Gasteiger partial charge on any atom is -0.494 e. The maximum Gasteiger partial charge on any atom is 0.261 e. The van der Waals surface area contributed by atoms with E-state index in [1.54, 1.807) is 0 Å².